The third kappa shape index (κ3) is 4.05. The molecule has 0 fully saturated rings. The highest BCUT2D eigenvalue weighted by molar-refractivity contribution is 7.07. The minimum Gasteiger partial charge on any atom is -0.353 e. The fraction of sp³-hybridized carbons (Fsp3) is 0.429. The Bertz CT molecular complexity index is 970. The molecule has 3 aromatic rings. The molecular weight excluding hydrogens is 372 g/mol. The van der Waals surface area contributed by atoms with Crippen molar-refractivity contribution in [3.05, 3.63) is 57.1 Å². The summed E-state index contributed by atoms with van der Waals surface area (Å²) >= 11 is 1.66. The summed E-state index contributed by atoms with van der Waals surface area (Å²) in [5.74, 6) is -0.145. The molecule has 1 N–H and O–H groups in total. The Morgan fingerprint density at radius 1 is 1.11 bits per heavy atom. The van der Waals surface area contributed by atoms with Crippen molar-refractivity contribution in [3.63, 3.8) is 0 Å². The first-order chi connectivity index (χ1) is 13.6. The van der Waals surface area contributed by atoms with Gasteiger partial charge in [0.15, 0.2) is 0 Å². The van der Waals surface area contributed by atoms with Crippen molar-refractivity contribution in [2.45, 2.75) is 39.9 Å². The lowest BCUT2D eigenvalue weighted by Crippen LogP contribution is -2.40. The molecule has 1 unspecified atom stereocenters. The Labute approximate surface area is 169 Å². The van der Waals surface area contributed by atoms with Crippen molar-refractivity contribution < 1.29 is 4.79 Å². The molecule has 7 heteroatoms. The van der Waals surface area contributed by atoms with Gasteiger partial charge in [-0.2, -0.15) is 11.3 Å². The van der Waals surface area contributed by atoms with Crippen LogP contribution in [0.15, 0.2) is 45.9 Å². The van der Waals surface area contributed by atoms with Gasteiger partial charge in [-0.25, -0.2) is 4.79 Å². The van der Waals surface area contributed by atoms with Gasteiger partial charge in [0.1, 0.15) is 6.54 Å². The first-order valence-electron chi connectivity index (χ1n) is 9.81. The molecule has 0 saturated heterocycles. The minimum absolute atomic E-state index is 0.0287. The number of hydrogen-bond donors (Lipinski definition) is 1. The number of likely N-dealkylation sites (N-methyl/N-ethyl adjacent to an activating group) is 1. The topological polar surface area (TPSA) is 59.3 Å². The van der Waals surface area contributed by atoms with Crippen molar-refractivity contribution in [1.29, 1.82) is 0 Å². The van der Waals surface area contributed by atoms with E-state index in [1.807, 2.05) is 31.2 Å². The summed E-state index contributed by atoms with van der Waals surface area (Å²) in [5.41, 5.74) is 2.73. The van der Waals surface area contributed by atoms with Crippen LogP contribution in [0.5, 0.6) is 0 Å². The smallest absolute Gasteiger partial charge is 0.329 e. The molecule has 3 rings (SSSR count). The number of hydrogen-bond acceptors (Lipinski definition) is 4. The van der Waals surface area contributed by atoms with Gasteiger partial charge >= 0.3 is 5.69 Å². The monoisotopic (exact) mass is 400 g/mol. The van der Waals surface area contributed by atoms with Gasteiger partial charge in [-0.3, -0.25) is 18.8 Å². The van der Waals surface area contributed by atoms with Crippen LogP contribution in [0.25, 0.3) is 11.0 Å². The third-order valence-electron chi connectivity index (χ3n) is 5.22. The number of carbonyl (C=O) groups is 1. The van der Waals surface area contributed by atoms with E-state index in [0.717, 1.165) is 24.1 Å². The minimum atomic E-state index is -0.145. The highest BCUT2D eigenvalue weighted by atomic mass is 32.1. The molecule has 1 aromatic carbocycles. The average molecular weight is 401 g/mol. The summed E-state index contributed by atoms with van der Waals surface area (Å²) in [4.78, 5) is 27.7. The molecule has 1 amide bonds. The van der Waals surface area contributed by atoms with Gasteiger partial charge in [-0.15, -0.1) is 0 Å². The van der Waals surface area contributed by atoms with E-state index in [1.54, 1.807) is 20.5 Å². The van der Waals surface area contributed by atoms with Crippen LogP contribution in [0.1, 0.15) is 32.4 Å². The summed E-state index contributed by atoms with van der Waals surface area (Å²) in [6, 6.07) is 9.86. The normalized spacial score (nSPS) is 12.6. The number of aryl methyl sites for hydroxylation is 1. The number of amides is 1. The number of carbonyl (C=O) groups excluding carboxylic acids is 1. The fourth-order valence-corrected chi connectivity index (χ4v) is 4.43. The van der Waals surface area contributed by atoms with Gasteiger partial charge < -0.3 is 5.32 Å². The second-order valence-electron chi connectivity index (χ2n) is 6.70. The van der Waals surface area contributed by atoms with Gasteiger partial charge in [0.05, 0.1) is 17.1 Å². The van der Waals surface area contributed by atoms with Crippen LogP contribution < -0.4 is 11.0 Å². The number of nitrogens with zero attached hydrogens (tertiary/aromatic N) is 3. The SMILES string of the molecule is CCN(CC)C(CNC(=O)Cn1c(=O)n(CC)c2ccccc21)c1ccsc1. The van der Waals surface area contributed by atoms with Gasteiger partial charge in [-0.1, -0.05) is 26.0 Å². The molecule has 2 heterocycles. The summed E-state index contributed by atoms with van der Waals surface area (Å²) in [6.45, 7) is 9.16. The van der Waals surface area contributed by atoms with Crippen LogP contribution in [0.2, 0.25) is 0 Å². The van der Waals surface area contributed by atoms with E-state index in [9.17, 15) is 9.59 Å². The maximum absolute atomic E-state index is 12.7. The molecule has 0 spiro atoms. The van der Waals surface area contributed by atoms with Gasteiger partial charge in [0.25, 0.3) is 0 Å². The molecule has 0 saturated carbocycles. The predicted octanol–water partition coefficient (Wildman–Crippen LogP) is 3.08. The number of fused-ring (bicyclic) bond motifs is 1. The lowest BCUT2D eigenvalue weighted by Gasteiger charge is -2.29. The maximum atomic E-state index is 12.7. The number of nitrogens with one attached hydrogen (secondary N) is 1. The molecule has 1 atom stereocenters. The van der Waals surface area contributed by atoms with E-state index in [0.29, 0.717) is 13.1 Å². The number of benzene rings is 1. The van der Waals surface area contributed by atoms with Crippen LogP contribution >= 0.6 is 11.3 Å². The van der Waals surface area contributed by atoms with Crippen molar-refractivity contribution in [2.24, 2.45) is 0 Å². The van der Waals surface area contributed by atoms with Crippen molar-refractivity contribution in [2.75, 3.05) is 19.6 Å². The Kier molecular flexibility index (Phi) is 6.70. The van der Waals surface area contributed by atoms with Gasteiger partial charge in [0.2, 0.25) is 5.91 Å². The first-order valence-corrected chi connectivity index (χ1v) is 10.8. The summed E-state index contributed by atoms with van der Waals surface area (Å²) in [7, 11) is 0. The molecule has 0 aliphatic heterocycles. The fourth-order valence-electron chi connectivity index (χ4n) is 3.73. The predicted molar refractivity (Wildman–Crippen MR) is 115 cm³/mol. The quantitative estimate of drug-likeness (QED) is 0.600. The van der Waals surface area contributed by atoms with E-state index in [4.69, 9.17) is 0 Å². The van der Waals surface area contributed by atoms with E-state index in [1.165, 1.54) is 5.56 Å². The van der Waals surface area contributed by atoms with Crippen LogP contribution in [0.4, 0.5) is 0 Å². The molecule has 150 valence electrons. The third-order valence-corrected chi connectivity index (χ3v) is 5.92. The second-order valence-corrected chi connectivity index (χ2v) is 7.48. The molecule has 6 nitrogen and oxygen atoms in total. The summed E-state index contributed by atoms with van der Waals surface area (Å²) in [5, 5.41) is 7.24. The van der Waals surface area contributed by atoms with E-state index < -0.39 is 0 Å². The Morgan fingerprint density at radius 2 is 1.79 bits per heavy atom. The average Bonchev–Trinajstić information content (AvgIpc) is 3.32. The Hall–Kier alpha value is -2.38. The number of aromatic nitrogens is 2. The zero-order valence-corrected chi connectivity index (χ0v) is 17.5. The van der Waals surface area contributed by atoms with Gasteiger partial charge in [0, 0.05) is 13.1 Å². The van der Waals surface area contributed by atoms with E-state index >= 15 is 0 Å². The molecule has 0 aliphatic carbocycles. The lowest BCUT2D eigenvalue weighted by atomic mass is 10.1. The van der Waals surface area contributed by atoms with Crippen LogP contribution in [0, 0.1) is 0 Å². The number of thiophene rings is 1. The molecule has 0 radical (unpaired) electrons. The molecule has 28 heavy (non-hydrogen) atoms. The van der Waals surface area contributed by atoms with Crippen LogP contribution in [0.3, 0.4) is 0 Å². The summed E-state index contributed by atoms with van der Waals surface area (Å²) in [6.07, 6.45) is 0. The number of rotatable bonds is 9. The highest BCUT2D eigenvalue weighted by Gasteiger charge is 2.20. The first kappa shape index (κ1) is 20.4. The van der Waals surface area contributed by atoms with Crippen molar-refractivity contribution in [3.8, 4) is 0 Å². The van der Waals surface area contributed by atoms with Crippen molar-refractivity contribution >= 4 is 28.3 Å². The van der Waals surface area contributed by atoms with Crippen LogP contribution in [-0.4, -0.2) is 39.6 Å². The number of para-hydroxylation sites is 2. The zero-order valence-electron chi connectivity index (χ0n) is 16.7. The lowest BCUT2D eigenvalue weighted by molar-refractivity contribution is -0.121. The maximum Gasteiger partial charge on any atom is 0.329 e. The Balaban J connectivity index is 1.76. The molecule has 0 aliphatic rings. The van der Waals surface area contributed by atoms with Gasteiger partial charge in [-0.05, 0) is 54.5 Å². The molecule has 2 aromatic heterocycles. The van der Waals surface area contributed by atoms with E-state index in [2.05, 4.69) is 40.9 Å². The Morgan fingerprint density at radius 3 is 2.36 bits per heavy atom. The van der Waals surface area contributed by atoms with Crippen LogP contribution in [-0.2, 0) is 17.9 Å². The second kappa shape index (κ2) is 9.21. The molecular formula is C21H28N4O2S. The molecule has 0 bridgehead atoms. The largest absolute Gasteiger partial charge is 0.353 e. The summed E-state index contributed by atoms with van der Waals surface area (Å²) < 4.78 is 3.26. The number of imidazole rings is 1. The highest BCUT2D eigenvalue weighted by Crippen LogP contribution is 2.22. The standard InChI is InChI=1S/C21H28N4O2S/c1-4-23(5-2)19(16-11-12-28-15-16)13-22-20(26)14-25-18-10-8-7-9-17(18)24(6-3)21(25)27/h7-12,15,19H,4-6,13-14H2,1-3H3,(H,22,26). The van der Waals surface area contributed by atoms with E-state index in [-0.39, 0.29) is 24.2 Å². The van der Waals surface area contributed by atoms with Crippen molar-refractivity contribution in [1.82, 2.24) is 19.4 Å². The zero-order chi connectivity index (χ0) is 20.1.